The first kappa shape index (κ1) is 13.1. The summed E-state index contributed by atoms with van der Waals surface area (Å²) in [4.78, 5) is 12.4. The minimum Gasteiger partial charge on any atom is -0.497 e. The predicted octanol–water partition coefficient (Wildman–Crippen LogP) is 2.64. The van der Waals surface area contributed by atoms with Crippen LogP contribution >= 0.6 is 0 Å². The number of carbonyl (C=O) groups is 1. The van der Waals surface area contributed by atoms with Gasteiger partial charge in [-0.25, -0.2) is 0 Å². The third kappa shape index (κ3) is 2.27. The number of rotatable bonds is 4. The van der Waals surface area contributed by atoms with Crippen LogP contribution in [-0.4, -0.2) is 19.4 Å². The zero-order valence-electron chi connectivity index (χ0n) is 11.2. The Morgan fingerprint density at radius 2 is 2.00 bits per heavy atom. The second-order valence-corrected chi connectivity index (χ2v) is 4.79. The molecule has 1 fully saturated rings. The summed E-state index contributed by atoms with van der Waals surface area (Å²) in [5.74, 6) is 1.15. The fourth-order valence-electron chi connectivity index (χ4n) is 2.80. The Morgan fingerprint density at radius 3 is 2.56 bits per heavy atom. The Hall–Kier alpha value is -1.35. The fourth-order valence-corrected chi connectivity index (χ4v) is 2.80. The molecule has 98 valence electrons. The van der Waals surface area contributed by atoms with Gasteiger partial charge in [0.05, 0.1) is 7.11 Å². The molecular weight excluding hydrogens is 226 g/mol. The Kier molecular flexibility index (Phi) is 4.02. The van der Waals surface area contributed by atoms with Crippen molar-refractivity contribution in [2.75, 3.05) is 13.7 Å². The van der Waals surface area contributed by atoms with Crippen LogP contribution < -0.4 is 10.1 Å². The maximum Gasteiger partial charge on any atom is 0.157 e. The molecule has 0 radical (unpaired) electrons. The van der Waals surface area contributed by atoms with Crippen LogP contribution in [0, 0.1) is 0 Å². The molecule has 2 rings (SSSR count). The van der Waals surface area contributed by atoms with Crippen molar-refractivity contribution in [3.8, 4) is 5.75 Å². The zero-order chi connectivity index (χ0) is 13.0. The lowest BCUT2D eigenvalue weighted by Crippen LogP contribution is -2.50. The van der Waals surface area contributed by atoms with Gasteiger partial charge in [0.15, 0.2) is 5.78 Å². The highest BCUT2D eigenvalue weighted by Gasteiger charge is 2.40. The van der Waals surface area contributed by atoms with E-state index in [0.29, 0.717) is 12.2 Å². The number of nitrogens with one attached hydrogen (secondary N) is 1. The van der Waals surface area contributed by atoms with Crippen LogP contribution in [0.1, 0.15) is 38.2 Å². The van der Waals surface area contributed by atoms with Crippen molar-refractivity contribution in [3.05, 3.63) is 29.8 Å². The van der Waals surface area contributed by atoms with E-state index < -0.39 is 5.54 Å². The largest absolute Gasteiger partial charge is 0.497 e. The van der Waals surface area contributed by atoms with Gasteiger partial charge < -0.3 is 10.1 Å². The van der Waals surface area contributed by atoms with Crippen LogP contribution in [0.3, 0.4) is 0 Å². The molecule has 0 aromatic heterocycles. The molecule has 1 aliphatic carbocycles. The van der Waals surface area contributed by atoms with Gasteiger partial charge in [0.25, 0.3) is 0 Å². The van der Waals surface area contributed by atoms with E-state index in [4.69, 9.17) is 4.74 Å². The molecule has 1 aliphatic rings. The fraction of sp³-hybridized carbons (Fsp3) is 0.533. The van der Waals surface area contributed by atoms with Gasteiger partial charge in [-0.1, -0.05) is 25.5 Å². The first-order valence-corrected chi connectivity index (χ1v) is 6.66. The number of ketones is 1. The summed E-state index contributed by atoms with van der Waals surface area (Å²) in [6.45, 7) is 2.85. The van der Waals surface area contributed by atoms with Gasteiger partial charge >= 0.3 is 0 Å². The number of hydrogen-bond acceptors (Lipinski definition) is 3. The summed E-state index contributed by atoms with van der Waals surface area (Å²) in [5.41, 5.74) is 0.592. The maximum absolute atomic E-state index is 12.4. The molecule has 0 spiro atoms. The van der Waals surface area contributed by atoms with E-state index in [-0.39, 0.29) is 0 Å². The molecule has 1 aromatic carbocycles. The second kappa shape index (κ2) is 5.53. The Morgan fingerprint density at radius 1 is 1.28 bits per heavy atom. The van der Waals surface area contributed by atoms with Gasteiger partial charge in [0.1, 0.15) is 11.3 Å². The minimum absolute atomic E-state index is 0.320. The number of likely N-dealkylation sites (N-methyl/N-ethyl adjacent to an activating group) is 1. The van der Waals surface area contributed by atoms with E-state index in [0.717, 1.165) is 37.1 Å². The van der Waals surface area contributed by atoms with E-state index in [1.54, 1.807) is 7.11 Å². The Labute approximate surface area is 109 Å². The topological polar surface area (TPSA) is 38.3 Å². The van der Waals surface area contributed by atoms with Crippen molar-refractivity contribution >= 4 is 5.78 Å². The van der Waals surface area contributed by atoms with Crippen molar-refractivity contribution in [2.24, 2.45) is 0 Å². The van der Waals surface area contributed by atoms with E-state index in [1.165, 1.54) is 0 Å². The molecule has 1 N–H and O–H groups in total. The Balaban J connectivity index is 2.35. The summed E-state index contributed by atoms with van der Waals surface area (Å²) < 4.78 is 5.17. The van der Waals surface area contributed by atoms with Crippen LogP contribution in [0.25, 0.3) is 0 Å². The summed E-state index contributed by atoms with van der Waals surface area (Å²) in [6.07, 6.45) is 3.69. The summed E-state index contributed by atoms with van der Waals surface area (Å²) in [7, 11) is 1.65. The highest BCUT2D eigenvalue weighted by Crippen LogP contribution is 2.35. The molecule has 3 nitrogen and oxygen atoms in total. The average molecular weight is 247 g/mol. The summed E-state index contributed by atoms with van der Waals surface area (Å²) >= 11 is 0. The lowest BCUT2D eigenvalue weighted by atomic mass is 9.75. The van der Waals surface area contributed by atoms with Crippen molar-refractivity contribution in [3.63, 3.8) is 0 Å². The third-order valence-corrected chi connectivity index (χ3v) is 3.74. The molecule has 0 aliphatic heterocycles. The molecular formula is C15H21NO2. The van der Waals surface area contributed by atoms with Crippen LogP contribution in [0.4, 0.5) is 0 Å². The monoisotopic (exact) mass is 247 g/mol. The SMILES string of the molecule is CCNC1(c2ccc(OC)cc2)CCCCC1=O. The molecule has 18 heavy (non-hydrogen) atoms. The molecule has 0 bridgehead atoms. The van der Waals surface area contributed by atoms with Crippen LogP contribution in [0.15, 0.2) is 24.3 Å². The molecule has 1 atom stereocenters. The van der Waals surface area contributed by atoms with Crippen molar-refractivity contribution in [2.45, 2.75) is 38.1 Å². The van der Waals surface area contributed by atoms with Crippen molar-refractivity contribution < 1.29 is 9.53 Å². The van der Waals surface area contributed by atoms with Crippen molar-refractivity contribution in [1.82, 2.24) is 5.32 Å². The van der Waals surface area contributed by atoms with E-state index in [9.17, 15) is 4.79 Å². The van der Waals surface area contributed by atoms with E-state index in [1.807, 2.05) is 31.2 Å². The molecule has 0 saturated heterocycles. The van der Waals surface area contributed by atoms with Crippen molar-refractivity contribution in [1.29, 1.82) is 0 Å². The number of hydrogen-bond donors (Lipinski definition) is 1. The number of methoxy groups -OCH3 is 1. The quantitative estimate of drug-likeness (QED) is 0.889. The standard InChI is InChI=1S/C15H21NO2/c1-3-16-15(11-5-4-6-14(15)17)12-7-9-13(18-2)10-8-12/h7-10,16H,3-6,11H2,1-2H3. The van der Waals surface area contributed by atoms with E-state index >= 15 is 0 Å². The van der Waals surface area contributed by atoms with Crippen LogP contribution in [0.2, 0.25) is 0 Å². The van der Waals surface area contributed by atoms with Gasteiger partial charge in [0.2, 0.25) is 0 Å². The predicted molar refractivity (Wildman–Crippen MR) is 71.8 cm³/mol. The zero-order valence-corrected chi connectivity index (χ0v) is 11.2. The first-order chi connectivity index (χ1) is 8.73. The first-order valence-electron chi connectivity index (χ1n) is 6.66. The van der Waals surface area contributed by atoms with Crippen LogP contribution in [0.5, 0.6) is 5.75 Å². The van der Waals surface area contributed by atoms with Gasteiger partial charge in [-0.3, -0.25) is 4.79 Å². The lowest BCUT2D eigenvalue weighted by molar-refractivity contribution is -0.128. The van der Waals surface area contributed by atoms with Gasteiger partial charge in [-0.05, 0) is 37.1 Å². The third-order valence-electron chi connectivity index (χ3n) is 3.74. The minimum atomic E-state index is -0.473. The summed E-state index contributed by atoms with van der Waals surface area (Å²) in [5, 5.41) is 3.41. The molecule has 1 aromatic rings. The molecule has 1 saturated carbocycles. The smallest absolute Gasteiger partial charge is 0.157 e. The molecule has 3 heteroatoms. The maximum atomic E-state index is 12.4. The normalized spacial score (nSPS) is 24.0. The average Bonchev–Trinajstić information content (AvgIpc) is 2.42. The number of benzene rings is 1. The number of carbonyl (C=O) groups excluding carboxylic acids is 1. The van der Waals surface area contributed by atoms with Gasteiger partial charge in [-0.15, -0.1) is 0 Å². The Bertz CT molecular complexity index is 409. The second-order valence-electron chi connectivity index (χ2n) is 4.79. The van der Waals surface area contributed by atoms with Gasteiger partial charge in [0, 0.05) is 6.42 Å². The molecule has 0 amide bonds. The molecule has 1 unspecified atom stereocenters. The summed E-state index contributed by atoms with van der Waals surface area (Å²) in [6, 6.07) is 7.86. The lowest BCUT2D eigenvalue weighted by Gasteiger charge is -2.37. The number of ether oxygens (including phenoxy) is 1. The van der Waals surface area contributed by atoms with Gasteiger partial charge in [-0.2, -0.15) is 0 Å². The highest BCUT2D eigenvalue weighted by atomic mass is 16.5. The molecule has 0 heterocycles. The van der Waals surface area contributed by atoms with E-state index in [2.05, 4.69) is 5.32 Å². The van der Waals surface area contributed by atoms with Crippen LogP contribution in [-0.2, 0) is 10.3 Å². The highest BCUT2D eigenvalue weighted by molar-refractivity contribution is 5.90. The number of Topliss-reactive ketones (excluding diaryl/α,β-unsaturated/α-hetero) is 1.